The molecule has 6 nitrogen and oxygen atoms in total. The summed E-state index contributed by atoms with van der Waals surface area (Å²) in [4.78, 5) is 14.3. The number of amides is 1. The Labute approximate surface area is 162 Å². The van der Waals surface area contributed by atoms with Gasteiger partial charge in [-0.25, -0.2) is 4.79 Å². The summed E-state index contributed by atoms with van der Waals surface area (Å²) in [5, 5.41) is 0. The highest BCUT2D eigenvalue weighted by Crippen LogP contribution is 2.59. The summed E-state index contributed by atoms with van der Waals surface area (Å²) >= 11 is 0. The molecule has 3 heterocycles. The second kappa shape index (κ2) is 7.05. The van der Waals surface area contributed by atoms with E-state index in [1.165, 1.54) is 0 Å². The highest BCUT2D eigenvalue weighted by Gasteiger charge is 2.72. The van der Waals surface area contributed by atoms with Crippen molar-refractivity contribution >= 4 is 6.09 Å². The normalized spacial score (nSPS) is 43.7. The second-order valence-electron chi connectivity index (χ2n) is 9.04. The minimum atomic E-state index is -0.332. The summed E-state index contributed by atoms with van der Waals surface area (Å²) < 4.78 is 23.9. The maximum atomic E-state index is 12.5. The Bertz CT molecular complexity index is 595. The lowest BCUT2D eigenvalue weighted by Gasteiger charge is -2.42. The van der Waals surface area contributed by atoms with Crippen LogP contribution in [0.15, 0.2) is 12.2 Å². The Morgan fingerprint density at radius 3 is 2.59 bits per heavy atom. The average molecular weight is 379 g/mol. The van der Waals surface area contributed by atoms with Crippen LogP contribution in [-0.2, 0) is 18.9 Å². The van der Waals surface area contributed by atoms with Gasteiger partial charge in [0.2, 0.25) is 0 Å². The molecule has 3 saturated heterocycles. The number of methoxy groups -OCH3 is 1. The van der Waals surface area contributed by atoms with E-state index in [2.05, 4.69) is 32.9 Å². The van der Waals surface area contributed by atoms with Crippen LogP contribution < -0.4 is 0 Å². The molecule has 0 aromatic rings. The summed E-state index contributed by atoms with van der Waals surface area (Å²) in [5.74, 6) is 0.547. The smallest absolute Gasteiger partial charge is 0.410 e. The van der Waals surface area contributed by atoms with Crippen LogP contribution in [0, 0.1) is 11.8 Å². The first kappa shape index (κ1) is 19.2. The molecule has 0 bridgehead atoms. The van der Waals surface area contributed by atoms with Crippen LogP contribution in [0.4, 0.5) is 4.79 Å². The molecule has 4 rings (SSSR count). The van der Waals surface area contributed by atoms with Crippen molar-refractivity contribution in [2.24, 2.45) is 11.8 Å². The van der Waals surface area contributed by atoms with Gasteiger partial charge in [-0.3, -0.25) is 0 Å². The minimum absolute atomic E-state index is 0.0574. The number of allylic oxidation sites excluding steroid dienone is 1. The molecular formula is C21H33NO5. The zero-order chi connectivity index (χ0) is 19.2. The van der Waals surface area contributed by atoms with Crippen molar-refractivity contribution in [2.45, 2.75) is 76.0 Å². The van der Waals surface area contributed by atoms with Crippen molar-refractivity contribution < 1.29 is 23.7 Å². The van der Waals surface area contributed by atoms with Crippen molar-refractivity contribution in [3.8, 4) is 0 Å². The summed E-state index contributed by atoms with van der Waals surface area (Å²) in [6.45, 7) is 8.80. The zero-order valence-electron chi connectivity index (χ0n) is 17.0. The predicted molar refractivity (Wildman–Crippen MR) is 101 cm³/mol. The van der Waals surface area contributed by atoms with Crippen molar-refractivity contribution in [1.29, 1.82) is 0 Å². The standard InChI is InChI=1S/C21H33NO5/c1-14(2)7-8-16-20(3,27-16)18-17(24-4)15(9-10-21(18)13-25-21)26-19(23)22-11-5-6-12-22/h7-8,14-18H,5-6,9-13H2,1-4H3/t15-,16-,17-,18?,20?,21+/m1/s1. The average Bonchev–Trinajstić information content (AvgIpc) is 3.46. The largest absolute Gasteiger partial charge is 0.443 e. The van der Waals surface area contributed by atoms with E-state index in [0.717, 1.165) is 45.4 Å². The molecule has 4 aliphatic rings. The zero-order valence-corrected chi connectivity index (χ0v) is 17.0. The Morgan fingerprint density at radius 2 is 2.00 bits per heavy atom. The summed E-state index contributed by atoms with van der Waals surface area (Å²) in [6.07, 6.45) is 7.52. The lowest BCUT2D eigenvalue weighted by Crippen LogP contribution is -2.56. The van der Waals surface area contributed by atoms with Crippen molar-refractivity contribution in [2.75, 3.05) is 26.8 Å². The van der Waals surface area contributed by atoms with E-state index in [1.54, 1.807) is 7.11 Å². The maximum absolute atomic E-state index is 12.5. The monoisotopic (exact) mass is 379 g/mol. The molecule has 1 spiro atoms. The number of likely N-dealkylation sites (tertiary alicyclic amines) is 1. The van der Waals surface area contributed by atoms with Crippen LogP contribution >= 0.6 is 0 Å². The summed E-state index contributed by atoms with van der Waals surface area (Å²) in [7, 11) is 1.71. The molecule has 1 amide bonds. The van der Waals surface area contributed by atoms with Crippen molar-refractivity contribution in [1.82, 2.24) is 4.90 Å². The third-order valence-electron chi connectivity index (χ3n) is 6.69. The lowest BCUT2D eigenvalue weighted by molar-refractivity contribution is -0.121. The fourth-order valence-electron chi connectivity index (χ4n) is 5.05. The maximum Gasteiger partial charge on any atom is 0.410 e. The molecule has 1 saturated carbocycles. The van der Waals surface area contributed by atoms with Gasteiger partial charge < -0.3 is 23.8 Å². The van der Waals surface area contributed by atoms with Gasteiger partial charge in [-0.05, 0) is 38.5 Å². The molecule has 1 aliphatic carbocycles. The van der Waals surface area contributed by atoms with Gasteiger partial charge in [0.1, 0.15) is 29.5 Å². The van der Waals surface area contributed by atoms with Gasteiger partial charge in [-0.2, -0.15) is 0 Å². The number of epoxide rings is 2. The van der Waals surface area contributed by atoms with E-state index in [9.17, 15) is 4.79 Å². The molecule has 0 N–H and O–H groups in total. The predicted octanol–water partition coefficient (Wildman–Crippen LogP) is 3.15. The first-order chi connectivity index (χ1) is 12.9. The molecule has 6 atom stereocenters. The molecule has 6 heteroatoms. The van der Waals surface area contributed by atoms with Crippen LogP contribution in [0.3, 0.4) is 0 Å². The lowest BCUT2D eigenvalue weighted by atomic mass is 9.68. The van der Waals surface area contributed by atoms with Crippen LogP contribution in [-0.4, -0.2) is 67.3 Å². The van der Waals surface area contributed by atoms with Gasteiger partial charge in [0.15, 0.2) is 0 Å². The molecule has 152 valence electrons. The van der Waals surface area contributed by atoms with Crippen LogP contribution in [0.5, 0.6) is 0 Å². The van der Waals surface area contributed by atoms with Crippen LogP contribution in [0.2, 0.25) is 0 Å². The number of ether oxygens (including phenoxy) is 4. The van der Waals surface area contributed by atoms with Gasteiger partial charge in [0.25, 0.3) is 0 Å². The second-order valence-corrected chi connectivity index (χ2v) is 9.04. The Kier molecular flexibility index (Phi) is 5.02. The molecule has 0 radical (unpaired) electrons. The van der Waals surface area contributed by atoms with Crippen molar-refractivity contribution in [3.05, 3.63) is 12.2 Å². The highest BCUT2D eigenvalue weighted by atomic mass is 16.6. The molecular weight excluding hydrogens is 346 g/mol. The quantitative estimate of drug-likeness (QED) is 0.542. The van der Waals surface area contributed by atoms with E-state index in [4.69, 9.17) is 18.9 Å². The third kappa shape index (κ3) is 3.52. The number of rotatable bonds is 5. The number of carbonyl (C=O) groups is 1. The first-order valence-electron chi connectivity index (χ1n) is 10.4. The fraction of sp³-hybridized carbons (Fsp3) is 0.857. The van der Waals surface area contributed by atoms with Gasteiger partial charge in [0.05, 0.1) is 12.5 Å². The molecule has 4 fully saturated rings. The number of carbonyl (C=O) groups excluding carboxylic acids is 1. The van der Waals surface area contributed by atoms with Crippen LogP contribution in [0.25, 0.3) is 0 Å². The molecule has 0 aromatic heterocycles. The van der Waals surface area contributed by atoms with Gasteiger partial charge in [-0.1, -0.05) is 26.0 Å². The Hall–Kier alpha value is -1.11. The minimum Gasteiger partial charge on any atom is -0.443 e. The Morgan fingerprint density at radius 1 is 1.30 bits per heavy atom. The van der Waals surface area contributed by atoms with E-state index in [1.807, 2.05) is 4.90 Å². The fourth-order valence-corrected chi connectivity index (χ4v) is 5.05. The van der Waals surface area contributed by atoms with Gasteiger partial charge in [-0.15, -0.1) is 0 Å². The van der Waals surface area contributed by atoms with Gasteiger partial charge >= 0.3 is 6.09 Å². The molecule has 3 aliphatic heterocycles. The number of hydrogen-bond donors (Lipinski definition) is 0. The highest BCUT2D eigenvalue weighted by molar-refractivity contribution is 5.68. The summed E-state index contributed by atoms with van der Waals surface area (Å²) in [5.41, 5.74) is -0.520. The van der Waals surface area contributed by atoms with Crippen LogP contribution in [0.1, 0.15) is 46.5 Å². The van der Waals surface area contributed by atoms with E-state index in [-0.39, 0.29) is 41.5 Å². The topological polar surface area (TPSA) is 63.8 Å². The number of nitrogens with zero attached hydrogens (tertiary/aromatic N) is 1. The third-order valence-corrected chi connectivity index (χ3v) is 6.69. The van der Waals surface area contributed by atoms with E-state index in [0.29, 0.717) is 5.92 Å². The Balaban J connectivity index is 1.49. The first-order valence-corrected chi connectivity index (χ1v) is 10.4. The number of hydrogen-bond acceptors (Lipinski definition) is 5. The van der Waals surface area contributed by atoms with Crippen molar-refractivity contribution in [3.63, 3.8) is 0 Å². The summed E-state index contributed by atoms with van der Waals surface area (Å²) in [6, 6.07) is 0. The SMILES string of the molecule is CO[C@H]1C(C2(C)O[C@@H]2C=CC(C)C)[C@]2(CC[C@H]1OC(=O)N1CCCC1)CO2. The molecule has 2 unspecified atom stereocenters. The molecule has 0 aromatic carbocycles. The molecule has 27 heavy (non-hydrogen) atoms. The van der Waals surface area contributed by atoms with E-state index < -0.39 is 0 Å². The van der Waals surface area contributed by atoms with E-state index >= 15 is 0 Å². The van der Waals surface area contributed by atoms with Gasteiger partial charge in [0, 0.05) is 20.2 Å².